The van der Waals surface area contributed by atoms with Gasteiger partial charge in [-0.25, -0.2) is 4.79 Å². The molecule has 0 radical (unpaired) electrons. The van der Waals surface area contributed by atoms with Gasteiger partial charge in [-0.3, -0.25) is 0 Å². The van der Waals surface area contributed by atoms with Gasteiger partial charge in [-0.2, -0.15) is 0 Å². The lowest BCUT2D eigenvalue weighted by Crippen LogP contribution is -2.67. The lowest BCUT2D eigenvalue weighted by molar-refractivity contribution is -0.375. The van der Waals surface area contributed by atoms with Crippen molar-refractivity contribution in [1.82, 2.24) is 0 Å². The van der Waals surface area contributed by atoms with Crippen LogP contribution in [0.2, 0.25) is 0 Å². The molecule has 5 atom stereocenters. The largest absolute Gasteiger partial charge is 0.461 e. The van der Waals surface area contributed by atoms with Gasteiger partial charge in [-0.05, 0) is 29.2 Å². The monoisotopic (exact) mass is 651 g/mol. The third-order valence-electron chi connectivity index (χ3n) is 8.24. The van der Waals surface area contributed by atoms with Crippen molar-refractivity contribution in [3.63, 3.8) is 0 Å². The minimum atomic E-state index is -1.51. The number of rotatable bonds is 15. The van der Waals surface area contributed by atoms with E-state index in [-0.39, 0.29) is 38.6 Å². The molecule has 0 saturated carbocycles. The summed E-state index contributed by atoms with van der Waals surface area (Å²) < 4.78 is 38.5. The van der Waals surface area contributed by atoms with Crippen molar-refractivity contribution in [3.05, 3.63) is 144 Å². The molecule has 0 aromatic heterocycles. The molecule has 250 valence electrons. The van der Waals surface area contributed by atoms with E-state index in [0.29, 0.717) is 13.2 Å². The van der Waals surface area contributed by atoms with Crippen LogP contribution in [0.3, 0.4) is 0 Å². The molecule has 0 aliphatic carbocycles. The average Bonchev–Trinajstić information content (AvgIpc) is 3.56. The van der Waals surface area contributed by atoms with Crippen molar-refractivity contribution in [2.24, 2.45) is 5.16 Å². The Morgan fingerprint density at radius 1 is 0.688 bits per heavy atom. The van der Waals surface area contributed by atoms with E-state index >= 15 is 0 Å². The Hall–Kier alpha value is -4.38. The van der Waals surface area contributed by atoms with Crippen molar-refractivity contribution in [1.29, 1.82) is 0 Å². The molecule has 2 aliphatic rings. The zero-order valence-electron chi connectivity index (χ0n) is 27.0. The summed E-state index contributed by atoms with van der Waals surface area (Å²) in [7, 11) is 0. The van der Waals surface area contributed by atoms with E-state index in [4.69, 9.17) is 33.3 Å². The number of carbonyl (C=O) groups is 1. The van der Waals surface area contributed by atoms with E-state index in [2.05, 4.69) is 5.16 Å². The Bertz CT molecular complexity index is 1590. The fourth-order valence-electron chi connectivity index (χ4n) is 5.89. The van der Waals surface area contributed by atoms with Gasteiger partial charge >= 0.3 is 5.97 Å². The Morgan fingerprint density at radius 3 is 1.69 bits per heavy atom. The number of ether oxygens (including phenoxy) is 6. The first-order valence-electron chi connectivity index (χ1n) is 16.3. The van der Waals surface area contributed by atoms with Crippen molar-refractivity contribution < 1.29 is 38.1 Å². The highest BCUT2D eigenvalue weighted by Gasteiger charge is 2.62. The first-order chi connectivity index (χ1) is 23.6. The van der Waals surface area contributed by atoms with Crippen LogP contribution in [0.5, 0.6) is 0 Å². The maximum Gasteiger partial charge on any atom is 0.356 e. The van der Waals surface area contributed by atoms with Crippen LogP contribution in [0.4, 0.5) is 0 Å². The maximum atomic E-state index is 12.9. The number of carbonyl (C=O) groups excluding carboxylic acids is 1. The van der Waals surface area contributed by atoms with E-state index < -0.39 is 36.2 Å². The van der Waals surface area contributed by atoms with Gasteiger partial charge in [0.2, 0.25) is 0 Å². The molecule has 1 saturated heterocycles. The first kappa shape index (κ1) is 33.5. The third kappa shape index (κ3) is 8.55. The topological polar surface area (TPSA) is 94.0 Å². The van der Waals surface area contributed by atoms with E-state index in [0.717, 1.165) is 22.3 Å². The molecule has 1 unspecified atom stereocenters. The summed E-state index contributed by atoms with van der Waals surface area (Å²) in [5.41, 5.74) is 4.06. The summed E-state index contributed by atoms with van der Waals surface area (Å²) in [6.07, 6.45) is -2.90. The van der Waals surface area contributed by atoms with Gasteiger partial charge in [0.1, 0.15) is 18.3 Å². The van der Waals surface area contributed by atoms with Crippen LogP contribution in [0.1, 0.15) is 35.6 Å². The summed E-state index contributed by atoms with van der Waals surface area (Å²) in [6.45, 7) is 3.29. The molecular formula is C39H41NO8. The minimum Gasteiger partial charge on any atom is -0.461 e. The number of hydrogen-bond donors (Lipinski definition) is 0. The summed E-state index contributed by atoms with van der Waals surface area (Å²) >= 11 is 0. The highest BCUT2D eigenvalue weighted by molar-refractivity contribution is 6.36. The number of nitrogens with zero attached hydrogens (tertiary/aromatic N) is 1. The normalized spacial score (nSPS) is 23.4. The minimum absolute atomic E-state index is 0.00290. The Morgan fingerprint density at radius 2 is 1.17 bits per heavy atom. The van der Waals surface area contributed by atoms with Crippen LogP contribution >= 0.6 is 0 Å². The first-order valence-corrected chi connectivity index (χ1v) is 16.3. The van der Waals surface area contributed by atoms with Crippen molar-refractivity contribution in [2.75, 3.05) is 13.2 Å². The SMILES string of the molecule is CCOC(=O)C1=NO[C@@]2(C1)OC(COCc1ccccc1)[C@H](OCc1ccccc1)[C@H](OCc1ccccc1)[C@H]2OCc1ccccc1. The smallest absolute Gasteiger partial charge is 0.356 e. The Balaban J connectivity index is 1.34. The molecule has 1 spiro atoms. The highest BCUT2D eigenvalue weighted by atomic mass is 16.8. The molecule has 4 aromatic rings. The van der Waals surface area contributed by atoms with Gasteiger partial charge in [0.05, 0.1) is 46.1 Å². The molecule has 2 heterocycles. The van der Waals surface area contributed by atoms with Gasteiger partial charge < -0.3 is 33.3 Å². The zero-order valence-corrected chi connectivity index (χ0v) is 27.0. The van der Waals surface area contributed by atoms with Crippen LogP contribution in [0.15, 0.2) is 126 Å². The lowest BCUT2D eigenvalue weighted by Gasteiger charge is -2.49. The second-order valence-electron chi connectivity index (χ2n) is 11.7. The quantitative estimate of drug-likeness (QED) is 0.137. The number of hydrogen-bond acceptors (Lipinski definition) is 9. The van der Waals surface area contributed by atoms with Crippen LogP contribution < -0.4 is 0 Å². The number of benzene rings is 4. The fraction of sp³-hybridized carbons (Fsp3) is 0.333. The predicted octanol–water partition coefficient (Wildman–Crippen LogP) is 6.39. The molecule has 4 aromatic carbocycles. The van der Waals surface area contributed by atoms with Gasteiger partial charge in [0, 0.05) is 0 Å². The van der Waals surface area contributed by atoms with Gasteiger partial charge in [-0.1, -0.05) is 126 Å². The molecule has 0 amide bonds. The van der Waals surface area contributed by atoms with Crippen LogP contribution in [0, 0.1) is 0 Å². The zero-order chi connectivity index (χ0) is 33.0. The van der Waals surface area contributed by atoms with Gasteiger partial charge in [0.15, 0.2) is 11.8 Å². The second-order valence-corrected chi connectivity index (χ2v) is 11.7. The fourth-order valence-corrected chi connectivity index (χ4v) is 5.89. The van der Waals surface area contributed by atoms with E-state index in [1.54, 1.807) is 6.92 Å². The standard InChI is InChI=1S/C39H41NO8/c1-2-43-38(41)33-23-39(48-40-33)37(46-27-32-21-13-6-14-22-32)36(45-26-31-19-11-5-12-20-31)35(44-25-30-17-9-4-10-18-30)34(47-39)28-42-24-29-15-7-3-8-16-29/h3-22,34-37H,2,23-28H2,1H3/t34?,35-,36-,37+,39+/m0/s1. The van der Waals surface area contributed by atoms with Crippen molar-refractivity contribution in [2.45, 2.75) is 70.0 Å². The highest BCUT2D eigenvalue weighted by Crippen LogP contribution is 2.42. The Labute approximate surface area is 281 Å². The second kappa shape index (κ2) is 16.6. The van der Waals surface area contributed by atoms with Crippen molar-refractivity contribution in [3.8, 4) is 0 Å². The molecule has 9 heteroatoms. The van der Waals surface area contributed by atoms with E-state index in [9.17, 15) is 4.79 Å². The third-order valence-corrected chi connectivity index (χ3v) is 8.24. The Kier molecular flexibility index (Phi) is 11.6. The van der Waals surface area contributed by atoms with Crippen LogP contribution in [-0.2, 0) is 64.5 Å². The summed E-state index contributed by atoms with van der Waals surface area (Å²) in [4.78, 5) is 19.0. The van der Waals surface area contributed by atoms with Gasteiger partial charge in [0.25, 0.3) is 5.79 Å². The molecule has 2 aliphatic heterocycles. The van der Waals surface area contributed by atoms with Crippen LogP contribution in [-0.4, -0.2) is 55.1 Å². The molecule has 1 fully saturated rings. The average molecular weight is 652 g/mol. The number of esters is 1. The summed E-state index contributed by atoms with van der Waals surface area (Å²) in [6, 6.07) is 39.6. The molecule has 0 bridgehead atoms. The molecule has 9 nitrogen and oxygen atoms in total. The molecular weight excluding hydrogens is 610 g/mol. The maximum absolute atomic E-state index is 12.9. The van der Waals surface area contributed by atoms with Gasteiger partial charge in [-0.15, -0.1) is 0 Å². The van der Waals surface area contributed by atoms with Crippen molar-refractivity contribution >= 4 is 11.7 Å². The lowest BCUT2D eigenvalue weighted by atomic mass is 9.89. The molecule has 48 heavy (non-hydrogen) atoms. The predicted molar refractivity (Wildman–Crippen MR) is 179 cm³/mol. The summed E-state index contributed by atoms with van der Waals surface area (Å²) in [5.74, 6) is -2.08. The van der Waals surface area contributed by atoms with Crippen LogP contribution in [0.25, 0.3) is 0 Å². The molecule has 6 rings (SSSR count). The van der Waals surface area contributed by atoms with E-state index in [1.807, 2.05) is 121 Å². The summed E-state index contributed by atoms with van der Waals surface area (Å²) in [5, 5.41) is 4.17. The number of oxime groups is 1. The molecule has 0 N–H and O–H groups in total. The van der Waals surface area contributed by atoms with E-state index in [1.165, 1.54) is 0 Å².